The van der Waals surface area contributed by atoms with Gasteiger partial charge < -0.3 is 10.6 Å². The van der Waals surface area contributed by atoms with Gasteiger partial charge in [-0.25, -0.2) is 4.98 Å². The molecule has 2 amide bonds. The number of carbonyl (C=O) groups is 2. The Hall–Kier alpha value is -1.95. The summed E-state index contributed by atoms with van der Waals surface area (Å²) in [5.74, 6) is -0.281. The lowest BCUT2D eigenvalue weighted by Gasteiger charge is -2.01. The van der Waals surface area contributed by atoms with Crippen LogP contribution in [0.4, 0.5) is 5.13 Å². The number of hydrogen-bond acceptors (Lipinski definition) is 4. The normalized spacial score (nSPS) is 10.6. The minimum absolute atomic E-state index is 0.135. The summed E-state index contributed by atoms with van der Waals surface area (Å²) in [4.78, 5) is 26.9. The Morgan fingerprint density at radius 2 is 2.05 bits per heavy atom. The smallest absolute Gasteiger partial charge is 0.227 e. The average Bonchev–Trinajstić information content (AvgIpc) is 2.71. The molecule has 1 heterocycles. The van der Waals surface area contributed by atoms with E-state index in [0.29, 0.717) is 11.7 Å². The van der Waals surface area contributed by atoms with E-state index in [1.807, 2.05) is 13.8 Å². The highest BCUT2D eigenvalue weighted by atomic mass is 32.1. The van der Waals surface area contributed by atoms with E-state index in [4.69, 9.17) is 0 Å². The number of amides is 2. The third-order valence-corrected chi connectivity index (χ3v) is 3.72. The Bertz CT molecular complexity index is 664. The van der Waals surface area contributed by atoms with Crippen LogP contribution in [0, 0.1) is 13.8 Å². The van der Waals surface area contributed by atoms with Crippen molar-refractivity contribution in [2.45, 2.75) is 27.2 Å². The van der Waals surface area contributed by atoms with Gasteiger partial charge in [0.2, 0.25) is 11.8 Å². The van der Waals surface area contributed by atoms with Gasteiger partial charge in [0.05, 0.1) is 10.2 Å². The van der Waals surface area contributed by atoms with E-state index in [0.717, 1.165) is 15.8 Å². The molecule has 20 heavy (non-hydrogen) atoms. The fourth-order valence-corrected chi connectivity index (χ4v) is 3.02. The molecule has 1 aromatic carbocycles. The summed E-state index contributed by atoms with van der Waals surface area (Å²) in [6, 6.07) is 4.14. The summed E-state index contributed by atoms with van der Waals surface area (Å²) in [5.41, 5.74) is 3.22. The Morgan fingerprint density at radius 1 is 1.30 bits per heavy atom. The maximum atomic E-state index is 11.7. The first-order valence-electron chi connectivity index (χ1n) is 6.38. The Balaban J connectivity index is 2.05. The molecule has 2 aromatic rings. The summed E-state index contributed by atoms with van der Waals surface area (Å²) in [5, 5.41) is 5.96. The molecule has 0 aliphatic carbocycles. The van der Waals surface area contributed by atoms with E-state index >= 15 is 0 Å². The van der Waals surface area contributed by atoms with E-state index in [9.17, 15) is 9.59 Å². The first kappa shape index (κ1) is 14.5. The lowest BCUT2D eigenvalue weighted by molar-refractivity contribution is -0.119. The van der Waals surface area contributed by atoms with Crippen LogP contribution in [0.15, 0.2) is 12.1 Å². The van der Waals surface area contributed by atoms with E-state index in [1.54, 1.807) is 0 Å². The summed E-state index contributed by atoms with van der Waals surface area (Å²) in [6.07, 6.45) is 0.244. The second kappa shape index (κ2) is 6.00. The van der Waals surface area contributed by atoms with Crippen LogP contribution in [0.2, 0.25) is 0 Å². The number of anilines is 1. The van der Waals surface area contributed by atoms with Gasteiger partial charge in [-0.05, 0) is 31.0 Å². The minimum Gasteiger partial charge on any atom is -0.356 e. The predicted molar refractivity (Wildman–Crippen MR) is 81.0 cm³/mol. The highest BCUT2D eigenvalue weighted by Gasteiger charge is 2.09. The molecule has 0 radical (unpaired) electrons. The molecule has 0 fully saturated rings. The zero-order chi connectivity index (χ0) is 14.7. The number of benzene rings is 1. The first-order valence-corrected chi connectivity index (χ1v) is 7.19. The summed E-state index contributed by atoms with van der Waals surface area (Å²) in [6.45, 7) is 5.82. The number of aromatic nitrogens is 1. The quantitative estimate of drug-likeness (QED) is 0.908. The van der Waals surface area contributed by atoms with Gasteiger partial charge in [-0.3, -0.25) is 9.59 Å². The van der Waals surface area contributed by atoms with Crippen LogP contribution >= 0.6 is 11.3 Å². The van der Waals surface area contributed by atoms with Crippen molar-refractivity contribution < 1.29 is 9.59 Å². The molecule has 0 aliphatic rings. The topological polar surface area (TPSA) is 71.1 Å². The van der Waals surface area contributed by atoms with Gasteiger partial charge in [0, 0.05) is 19.9 Å². The van der Waals surface area contributed by atoms with Crippen LogP contribution < -0.4 is 10.6 Å². The molecule has 2 rings (SSSR count). The minimum atomic E-state index is -0.146. The van der Waals surface area contributed by atoms with Gasteiger partial charge in [0.1, 0.15) is 0 Å². The lowest BCUT2D eigenvalue weighted by Crippen LogP contribution is -2.25. The third-order valence-electron chi connectivity index (χ3n) is 2.80. The first-order chi connectivity index (χ1) is 9.45. The summed E-state index contributed by atoms with van der Waals surface area (Å²) in [7, 11) is 0. The van der Waals surface area contributed by atoms with E-state index in [-0.39, 0.29) is 18.2 Å². The summed E-state index contributed by atoms with van der Waals surface area (Å²) < 4.78 is 1.07. The van der Waals surface area contributed by atoms with E-state index < -0.39 is 0 Å². The molecule has 5 nitrogen and oxygen atoms in total. The van der Waals surface area contributed by atoms with Gasteiger partial charge in [-0.15, -0.1) is 0 Å². The fraction of sp³-hybridized carbons (Fsp3) is 0.357. The zero-order valence-electron chi connectivity index (χ0n) is 11.7. The predicted octanol–water partition coefficient (Wildman–Crippen LogP) is 2.38. The van der Waals surface area contributed by atoms with Crippen LogP contribution in [0.25, 0.3) is 10.2 Å². The largest absolute Gasteiger partial charge is 0.356 e. The number of carbonyl (C=O) groups excluding carboxylic acids is 2. The number of hydrogen-bond donors (Lipinski definition) is 2. The van der Waals surface area contributed by atoms with Gasteiger partial charge in [-0.2, -0.15) is 0 Å². The Labute approximate surface area is 121 Å². The van der Waals surface area contributed by atoms with Crippen molar-refractivity contribution in [1.82, 2.24) is 10.3 Å². The second-order valence-electron chi connectivity index (χ2n) is 4.73. The number of rotatable bonds is 4. The third kappa shape index (κ3) is 3.54. The molecule has 1 aromatic heterocycles. The van der Waals surface area contributed by atoms with Crippen molar-refractivity contribution in [1.29, 1.82) is 0 Å². The number of fused-ring (bicyclic) bond motifs is 1. The summed E-state index contributed by atoms with van der Waals surface area (Å²) >= 11 is 1.46. The van der Waals surface area contributed by atoms with Crippen molar-refractivity contribution in [2.75, 3.05) is 11.9 Å². The molecule has 0 aliphatic heterocycles. The molecule has 0 unspecified atom stereocenters. The van der Waals surface area contributed by atoms with Crippen LogP contribution in [0.3, 0.4) is 0 Å². The van der Waals surface area contributed by atoms with Crippen LogP contribution in [0.1, 0.15) is 24.5 Å². The van der Waals surface area contributed by atoms with Gasteiger partial charge in [0.25, 0.3) is 0 Å². The van der Waals surface area contributed by atoms with Crippen LogP contribution in [-0.2, 0) is 9.59 Å². The molecule has 106 valence electrons. The number of nitrogens with one attached hydrogen (secondary N) is 2. The van der Waals surface area contributed by atoms with E-state index in [2.05, 4.69) is 27.8 Å². The highest BCUT2D eigenvalue weighted by molar-refractivity contribution is 7.22. The maximum absolute atomic E-state index is 11.7. The lowest BCUT2D eigenvalue weighted by atomic mass is 10.1. The van der Waals surface area contributed by atoms with Crippen LogP contribution in [0.5, 0.6) is 0 Å². The molecule has 0 saturated carbocycles. The number of thiazole rings is 1. The average molecular weight is 291 g/mol. The van der Waals surface area contributed by atoms with Crippen molar-refractivity contribution in [3.8, 4) is 0 Å². The molecule has 0 saturated heterocycles. The second-order valence-corrected chi connectivity index (χ2v) is 5.76. The Kier molecular flexibility index (Phi) is 4.34. The molecule has 0 atom stereocenters. The van der Waals surface area contributed by atoms with Crippen LogP contribution in [-0.4, -0.2) is 23.3 Å². The van der Waals surface area contributed by atoms with Gasteiger partial charge in [-0.1, -0.05) is 17.4 Å². The van der Waals surface area contributed by atoms with Gasteiger partial charge in [0.15, 0.2) is 5.13 Å². The molecular weight excluding hydrogens is 274 g/mol. The molecule has 6 heteroatoms. The molecule has 0 spiro atoms. The number of nitrogens with zero attached hydrogens (tertiary/aromatic N) is 1. The Morgan fingerprint density at radius 3 is 2.75 bits per heavy atom. The van der Waals surface area contributed by atoms with Crippen molar-refractivity contribution in [3.63, 3.8) is 0 Å². The maximum Gasteiger partial charge on any atom is 0.227 e. The van der Waals surface area contributed by atoms with Crippen molar-refractivity contribution in [3.05, 3.63) is 23.3 Å². The van der Waals surface area contributed by atoms with Crippen molar-refractivity contribution >= 4 is 38.5 Å². The molecular formula is C14H17N3O2S. The zero-order valence-corrected chi connectivity index (χ0v) is 12.6. The molecule has 2 N–H and O–H groups in total. The SMILES string of the molecule is CC(=O)NCCC(=O)Nc1nc2c(C)cc(C)cc2s1. The van der Waals surface area contributed by atoms with E-state index in [1.165, 1.54) is 23.8 Å². The molecule has 0 bridgehead atoms. The number of aryl methyl sites for hydroxylation is 2. The standard InChI is InChI=1S/C14H17N3O2S/c1-8-6-9(2)13-11(7-8)20-14(17-13)16-12(19)4-5-15-10(3)18/h6-7H,4-5H2,1-3H3,(H,15,18)(H,16,17,19). The van der Waals surface area contributed by atoms with Crippen molar-refractivity contribution in [2.24, 2.45) is 0 Å². The van der Waals surface area contributed by atoms with Gasteiger partial charge >= 0.3 is 0 Å². The highest BCUT2D eigenvalue weighted by Crippen LogP contribution is 2.29. The fourth-order valence-electron chi connectivity index (χ4n) is 1.96. The monoisotopic (exact) mass is 291 g/mol.